The number of hydrogen-bond acceptors (Lipinski definition) is 8. The Morgan fingerprint density at radius 3 is 2.07 bits per heavy atom. The van der Waals surface area contributed by atoms with Crippen LogP contribution in [0.5, 0.6) is 17.2 Å². The number of methoxy groups -OCH3 is 3. The van der Waals surface area contributed by atoms with Crippen LogP contribution in [0.3, 0.4) is 0 Å². The summed E-state index contributed by atoms with van der Waals surface area (Å²) in [6.07, 6.45) is 0. The number of benzene rings is 2. The van der Waals surface area contributed by atoms with Crippen LogP contribution in [-0.4, -0.2) is 44.7 Å². The Bertz CT molecular complexity index is 987. The Labute approximate surface area is 172 Å². The number of esters is 1. The number of nitrogens with zero attached hydrogens (tertiary/aromatic N) is 1. The molecule has 0 fully saturated rings. The highest BCUT2D eigenvalue weighted by molar-refractivity contribution is 5.98. The van der Waals surface area contributed by atoms with Gasteiger partial charge in [0.2, 0.25) is 0 Å². The minimum Gasteiger partial charge on any atom is -0.496 e. The molecule has 10 nitrogen and oxygen atoms in total. The van der Waals surface area contributed by atoms with Gasteiger partial charge in [0.05, 0.1) is 26.3 Å². The van der Waals surface area contributed by atoms with Gasteiger partial charge in [0.1, 0.15) is 17.0 Å². The average molecular weight is 418 g/mol. The number of hydrogen-bond donors (Lipinski definition) is 1. The summed E-state index contributed by atoms with van der Waals surface area (Å²) in [5, 5.41) is 13.6. The van der Waals surface area contributed by atoms with E-state index in [1.165, 1.54) is 45.6 Å². The molecule has 10 heteroatoms. The highest BCUT2D eigenvalue weighted by Gasteiger charge is 2.21. The van der Waals surface area contributed by atoms with Crippen molar-refractivity contribution in [3.63, 3.8) is 0 Å². The largest absolute Gasteiger partial charge is 0.496 e. The van der Waals surface area contributed by atoms with Crippen LogP contribution >= 0.6 is 0 Å². The molecule has 30 heavy (non-hydrogen) atoms. The highest BCUT2D eigenvalue weighted by Crippen LogP contribution is 2.35. The molecule has 0 heterocycles. The second kappa shape index (κ2) is 9.59. The molecule has 2 aromatic carbocycles. The summed E-state index contributed by atoms with van der Waals surface area (Å²) in [6.45, 7) is 2.84. The molecule has 0 saturated carbocycles. The summed E-state index contributed by atoms with van der Waals surface area (Å²) in [4.78, 5) is 35.3. The summed E-state index contributed by atoms with van der Waals surface area (Å²) in [5.74, 6) is -0.763. The Morgan fingerprint density at radius 1 is 0.933 bits per heavy atom. The van der Waals surface area contributed by atoms with E-state index in [1.54, 1.807) is 13.8 Å². The molecule has 2 aromatic rings. The van der Waals surface area contributed by atoms with Crippen molar-refractivity contribution in [1.29, 1.82) is 0 Å². The van der Waals surface area contributed by atoms with E-state index >= 15 is 0 Å². The SMILES string of the molecule is COc1cc(OC)c(C(=O)OCC(=O)Nc2cc(C)c(C)cc2[N+](=O)[O-])cc1OC. The third-order valence-corrected chi connectivity index (χ3v) is 4.34. The number of aryl methyl sites for hydroxylation is 2. The number of rotatable bonds is 8. The van der Waals surface area contributed by atoms with Crippen molar-refractivity contribution in [1.82, 2.24) is 0 Å². The average Bonchev–Trinajstić information content (AvgIpc) is 2.72. The van der Waals surface area contributed by atoms with Gasteiger partial charge in [-0.3, -0.25) is 14.9 Å². The van der Waals surface area contributed by atoms with Crippen molar-refractivity contribution in [2.75, 3.05) is 33.3 Å². The highest BCUT2D eigenvalue weighted by atomic mass is 16.6. The van der Waals surface area contributed by atoms with Gasteiger partial charge in [0.15, 0.2) is 18.1 Å². The zero-order chi connectivity index (χ0) is 22.4. The quantitative estimate of drug-likeness (QED) is 0.394. The first-order valence-electron chi connectivity index (χ1n) is 8.74. The first kappa shape index (κ1) is 22.5. The molecule has 0 radical (unpaired) electrons. The standard InChI is InChI=1S/C20H22N2O8/c1-11-6-14(15(22(25)26)7-12(11)2)21-19(23)10-30-20(24)13-8-17(28-4)18(29-5)9-16(13)27-3/h6-9H,10H2,1-5H3,(H,21,23). The van der Waals surface area contributed by atoms with Gasteiger partial charge in [0.25, 0.3) is 11.6 Å². The Hall–Kier alpha value is -3.82. The number of carbonyl (C=O) groups is 2. The number of carbonyl (C=O) groups excluding carboxylic acids is 2. The molecular formula is C20H22N2O8. The molecule has 0 unspecified atom stereocenters. The van der Waals surface area contributed by atoms with Crippen LogP contribution < -0.4 is 19.5 Å². The number of ether oxygens (including phenoxy) is 4. The van der Waals surface area contributed by atoms with Crippen LogP contribution in [0.4, 0.5) is 11.4 Å². The fraction of sp³-hybridized carbons (Fsp3) is 0.300. The first-order chi connectivity index (χ1) is 14.2. The topological polar surface area (TPSA) is 126 Å². The molecular weight excluding hydrogens is 396 g/mol. The van der Waals surface area contributed by atoms with Gasteiger partial charge in [-0.25, -0.2) is 4.79 Å². The minimum atomic E-state index is -0.836. The van der Waals surface area contributed by atoms with Crippen LogP contribution in [0.1, 0.15) is 21.5 Å². The molecule has 0 spiro atoms. The van der Waals surface area contributed by atoms with Crippen molar-refractivity contribution in [2.24, 2.45) is 0 Å². The number of nitrogens with one attached hydrogen (secondary N) is 1. The maximum Gasteiger partial charge on any atom is 0.342 e. The fourth-order valence-corrected chi connectivity index (χ4v) is 2.64. The van der Waals surface area contributed by atoms with Crippen LogP contribution in [0, 0.1) is 24.0 Å². The van der Waals surface area contributed by atoms with Gasteiger partial charge in [-0.2, -0.15) is 0 Å². The maximum absolute atomic E-state index is 12.4. The van der Waals surface area contributed by atoms with Crippen LogP contribution in [0.2, 0.25) is 0 Å². The lowest BCUT2D eigenvalue weighted by molar-refractivity contribution is -0.384. The number of nitro groups is 1. The summed E-state index contributed by atoms with van der Waals surface area (Å²) in [7, 11) is 4.21. The number of nitro benzene ring substituents is 1. The maximum atomic E-state index is 12.4. The lowest BCUT2D eigenvalue weighted by Gasteiger charge is -2.13. The van der Waals surface area contributed by atoms with E-state index in [0.717, 1.165) is 5.56 Å². The smallest absolute Gasteiger partial charge is 0.342 e. The van der Waals surface area contributed by atoms with E-state index in [4.69, 9.17) is 18.9 Å². The molecule has 160 valence electrons. The molecule has 0 atom stereocenters. The lowest BCUT2D eigenvalue weighted by atomic mass is 10.1. The van der Waals surface area contributed by atoms with Crippen LogP contribution in [0.25, 0.3) is 0 Å². The third-order valence-electron chi connectivity index (χ3n) is 4.34. The van der Waals surface area contributed by atoms with Crippen molar-refractivity contribution in [2.45, 2.75) is 13.8 Å². The minimum absolute atomic E-state index is 0.0212. The predicted octanol–water partition coefficient (Wildman–Crippen LogP) is 3.03. The summed E-state index contributed by atoms with van der Waals surface area (Å²) < 4.78 is 20.5. The fourth-order valence-electron chi connectivity index (χ4n) is 2.64. The van der Waals surface area contributed by atoms with Gasteiger partial charge >= 0.3 is 5.97 Å². The van der Waals surface area contributed by atoms with E-state index in [0.29, 0.717) is 11.3 Å². The first-order valence-corrected chi connectivity index (χ1v) is 8.74. The van der Waals surface area contributed by atoms with Crippen molar-refractivity contribution in [3.8, 4) is 17.2 Å². The van der Waals surface area contributed by atoms with Crippen LogP contribution in [-0.2, 0) is 9.53 Å². The van der Waals surface area contributed by atoms with Crippen molar-refractivity contribution in [3.05, 3.63) is 51.1 Å². The van der Waals surface area contributed by atoms with Crippen molar-refractivity contribution >= 4 is 23.3 Å². The van der Waals surface area contributed by atoms with Gasteiger partial charge in [-0.15, -0.1) is 0 Å². The zero-order valence-electron chi connectivity index (χ0n) is 17.2. The van der Waals surface area contributed by atoms with Crippen molar-refractivity contribution < 1.29 is 33.5 Å². The van der Waals surface area contributed by atoms with E-state index in [9.17, 15) is 19.7 Å². The van der Waals surface area contributed by atoms with E-state index in [1.807, 2.05) is 0 Å². The summed E-state index contributed by atoms with van der Waals surface area (Å²) >= 11 is 0. The van der Waals surface area contributed by atoms with E-state index in [2.05, 4.69) is 5.32 Å². The molecule has 1 amide bonds. The molecule has 0 bridgehead atoms. The van der Waals surface area contributed by atoms with Gasteiger partial charge < -0.3 is 24.3 Å². The zero-order valence-corrected chi connectivity index (χ0v) is 17.2. The molecule has 2 rings (SSSR count). The van der Waals surface area contributed by atoms with Gasteiger partial charge in [-0.05, 0) is 31.0 Å². The molecule has 1 N–H and O–H groups in total. The second-order valence-electron chi connectivity index (χ2n) is 6.24. The molecule has 0 aromatic heterocycles. The lowest BCUT2D eigenvalue weighted by Crippen LogP contribution is -2.22. The Kier molecular flexibility index (Phi) is 7.18. The Morgan fingerprint density at radius 2 is 1.50 bits per heavy atom. The van der Waals surface area contributed by atoms with Gasteiger partial charge in [-0.1, -0.05) is 0 Å². The normalized spacial score (nSPS) is 10.2. The second-order valence-corrected chi connectivity index (χ2v) is 6.24. The number of amides is 1. The molecule has 0 saturated heterocycles. The molecule has 0 aliphatic heterocycles. The molecule has 0 aliphatic rings. The monoisotopic (exact) mass is 418 g/mol. The summed E-state index contributed by atoms with van der Waals surface area (Å²) in [5.41, 5.74) is 1.28. The predicted molar refractivity (Wildman–Crippen MR) is 108 cm³/mol. The molecule has 0 aliphatic carbocycles. The number of anilines is 1. The van der Waals surface area contributed by atoms with Crippen LogP contribution in [0.15, 0.2) is 24.3 Å². The van der Waals surface area contributed by atoms with Gasteiger partial charge in [0, 0.05) is 18.2 Å². The van der Waals surface area contributed by atoms with E-state index in [-0.39, 0.29) is 28.4 Å². The third kappa shape index (κ3) is 4.96. The van der Waals surface area contributed by atoms with E-state index < -0.39 is 23.4 Å². The summed E-state index contributed by atoms with van der Waals surface area (Å²) in [6, 6.07) is 5.68. The Balaban J connectivity index is 2.15.